The van der Waals surface area contributed by atoms with E-state index in [1.807, 2.05) is 4.90 Å². The Morgan fingerprint density at radius 3 is 2.62 bits per heavy atom. The Hall–Kier alpha value is -0.520. The maximum Gasteiger partial charge on any atom is 0.257 e. The van der Waals surface area contributed by atoms with E-state index in [-0.39, 0.29) is 24.4 Å². The topological polar surface area (TPSA) is 59.5 Å². The summed E-state index contributed by atoms with van der Waals surface area (Å²) in [6, 6.07) is 1.93. The van der Waals surface area contributed by atoms with Crippen molar-refractivity contribution < 1.29 is 9.21 Å². The summed E-state index contributed by atoms with van der Waals surface area (Å²) in [6.45, 7) is 1.48. The van der Waals surface area contributed by atoms with Crippen LogP contribution in [0.1, 0.15) is 23.2 Å². The van der Waals surface area contributed by atoms with Crippen molar-refractivity contribution in [1.29, 1.82) is 0 Å². The number of amides is 1. The number of carbonyl (C=O) groups is 1. The monoisotopic (exact) mass is 308 g/mol. The number of rotatable bonds is 1. The smallest absolute Gasteiger partial charge is 0.257 e. The van der Waals surface area contributed by atoms with Crippen LogP contribution < -0.4 is 5.73 Å². The van der Waals surface area contributed by atoms with Crippen LogP contribution in [0.2, 0.25) is 0 Å². The Kier molecular flexibility index (Phi) is 4.83. The van der Waals surface area contributed by atoms with Crippen LogP contribution >= 0.6 is 28.3 Å². The number of nitrogens with zero attached hydrogens (tertiary/aromatic N) is 1. The van der Waals surface area contributed by atoms with Gasteiger partial charge in [0.2, 0.25) is 0 Å². The van der Waals surface area contributed by atoms with E-state index >= 15 is 0 Å². The van der Waals surface area contributed by atoms with E-state index in [9.17, 15) is 4.79 Å². The molecule has 90 valence electrons. The number of furan rings is 1. The highest BCUT2D eigenvalue weighted by atomic mass is 79.9. The minimum Gasteiger partial charge on any atom is -0.457 e. The third-order valence-corrected chi connectivity index (χ3v) is 3.06. The van der Waals surface area contributed by atoms with Crippen LogP contribution in [0.5, 0.6) is 0 Å². The molecule has 2 N–H and O–H groups in total. The number of hydrogen-bond donors (Lipinski definition) is 1. The first-order valence-corrected chi connectivity index (χ1v) is 5.75. The van der Waals surface area contributed by atoms with Gasteiger partial charge in [0.15, 0.2) is 4.67 Å². The van der Waals surface area contributed by atoms with Gasteiger partial charge in [0.1, 0.15) is 6.26 Å². The quantitative estimate of drug-likeness (QED) is 0.863. The van der Waals surface area contributed by atoms with Crippen molar-refractivity contribution in [1.82, 2.24) is 4.90 Å². The molecule has 6 heteroatoms. The van der Waals surface area contributed by atoms with Crippen molar-refractivity contribution >= 4 is 34.2 Å². The van der Waals surface area contributed by atoms with Gasteiger partial charge in [-0.3, -0.25) is 4.79 Å². The summed E-state index contributed by atoms with van der Waals surface area (Å²) in [5.41, 5.74) is 6.37. The number of carbonyl (C=O) groups excluding carboxylic acids is 1. The van der Waals surface area contributed by atoms with E-state index in [0.717, 1.165) is 25.9 Å². The second-order valence-corrected chi connectivity index (χ2v) is 4.55. The molecular weight excluding hydrogens is 295 g/mol. The summed E-state index contributed by atoms with van der Waals surface area (Å²) in [5, 5.41) is 0. The van der Waals surface area contributed by atoms with Crippen molar-refractivity contribution in [2.75, 3.05) is 13.1 Å². The molecule has 1 aliphatic heterocycles. The summed E-state index contributed by atoms with van der Waals surface area (Å²) < 4.78 is 5.62. The first-order valence-electron chi connectivity index (χ1n) is 4.95. The van der Waals surface area contributed by atoms with Crippen LogP contribution in [-0.4, -0.2) is 29.9 Å². The van der Waals surface area contributed by atoms with Crippen molar-refractivity contribution in [2.24, 2.45) is 5.73 Å². The zero-order valence-electron chi connectivity index (χ0n) is 8.69. The number of hydrogen-bond acceptors (Lipinski definition) is 3. The van der Waals surface area contributed by atoms with Gasteiger partial charge in [-0.25, -0.2) is 0 Å². The lowest BCUT2D eigenvalue weighted by Crippen LogP contribution is -2.42. The molecule has 1 aliphatic rings. The molecule has 1 aromatic heterocycles. The van der Waals surface area contributed by atoms with E-state index in [2.05, 4.69) is 15.9 Å². The standard InChI is InChI=1S/C10H13BrN2O2.ClH/c11-9-5-7(6-15-9)10(14)13-3-1-8(12)2-4-13;/h5-6,8H,1-4,12H2;1H. The molecular formula is C10H14BrClN2O2. The molecule has 0 radical (unpaired) electrons. The molecule has 0 bridgehead atoms. The number of piperidine rings is 1. The minimum atomic E-state index is 0. The third-order valence-electron chi connectivity index (χ3n) is 2.64. The zero-order valence-corrected chi connectivity index (χ0v) is 11.1. The van der Waals surface area contributed by atoms with Crippen LogP contribution in [0.25, 0.3) is 0 Å². The van der Waals surface area contributed by atoms with Gasteiger partial charge >= 0.3 is 0 Å². The maximum absolute atomic E-state index is 11.9. The highest BCUT2D eigenvalue weighted by molar-refractivity contribution is 9.10. The van der Waals surface area contributed by atoms with Gasteiger partial charge in [0.25, 0.3) is 5.91 Å². The van der Waals surface area contributed by atoms with E-state index in [1.54, 1.807) is 6.07 Å². The average molecular weight is 310 g/mol. The lowest BCUT2D eigenvalue weighted by atomic mass is 10.1. The highest BCUT2D eigenvalue weighted by Gasteiger charge is 2.22. The van der Waals surface area contributed by atoms with Gasteiger partial charge in [-0.05, 0) is 28.8 Å². The van der Waals surface area contributed by atoms with Crippen LogP contribution in [0.4, 0.5) is 0 Å². The Morgan fingerprint density at radius 2 is 2.12 bits per heavy atom. The van der Waals surface area contributed by atoms with E-state index in [0.29, 0.717) is 10.2 Å². The van der Waals surface area contributed by atoms with Gasteiger partial charge in [0, 0.05) is 25.2 Å². The van der Waals surface area contributed by atoms with E-state index in [1.165, 1.54) is 6.26 Å². The molecule has 2 heterocycles. The fraction of sp³-hybridized carbons (Fsp3) is 0.500. The van der Waals surface area contributed by atoms with Crippen molar-refractivity contribution in [3.63, 3.8) is 0 Å². The average Bonchev–Trinajstić information content (AvgIpc) is 2.65. The summed E-state index contributed by atoms with van der Waals surface area (Å²) in [6.07, 6.45) is 3.23. The summed E-state index contributed by atoms with van der Waals surface area (Å²) >= 11 is 3.18. The largest absolute Gasteiger partial charge is 0.457 e. The Labute approximate surface area is 109 Å². The Morgan fingerprint density at radius 1 is 1.50 bits per heavy atom. The third kappa shape index (κ3) is 2.99. The molecule has 0 saturated carbocycles. The minimum absolute atomic E-state index is 0. The first-order chi connectivity index (χ1) is 7.16. The Bertz CT molecular complexity index is 361. The molecule has 2 rings (SSSR count). The molecule has 0 atom stereocenters. The molecule has 0 spiro atoms. The van der Waals surface area contributed by atoms with E-state index < -0.39 is 0 Å². The fourth-order valence-corrected chi connectivity index (χ4v) is 2.05. The van der Waals surface area contributed by atoms with Gasteiger partial charge in [-0.15, -0.1) is 12.4 Å². The van der Waals surface area contributed by atoms with Gasteiger partial charge in [-0.1, -0.05) is 0 Å². The molecule has 1 fully saturated rings. The number of likely N-dealkylation sites (tertiary alicyclic amines) is 1. The SMILES string of the molecule is Cl.NC1CCN(C(=O)c2coc(Br)c2)CC1. The highest BCUT2D eigenvalue weighted by Crippen LogP contribution is 2.18. The molecule has 0 unspecified atom stereocenters. The second kappa shape index (κ2) is 5.70. The van der Waals surface area contributed by atoms with Crippen molar-refractivity contribution in [3.05, 3.63) is 22.6 Å². The molecule has 0 aromatic carbocycles. The van der Waals surface area contributed by atoms with E-state index in [4.69, 9.17) is 10.2 Å². The summed E-state index contributed by atoms with van der Waals surface area (Å²) in [5.74, 6) is 0.0244. The van der Waals surface area contributed by atoms with Crippen LogP contribution in [0.3, 0.4) is 0 Å². The van der Waals surface area contributed by atoms with Gasteiger partial charge < -0.3 is 15.1 Å². The maximum atomic E-state index is 11.9. The fourth-order valence-electron chi connectivity index (χ4n) is 1.71. The normalized spacial score (nSPS) is 17.0. The zero-order chi connectivity index (χ0) is 10.8. The molecule has 1 saturated heterocycles. The number of nitrogens with two attached hydrogens (primary N) is 1. The first kappa shape index (κ1) is 13.5. The summed E-state index contributed by atoms with van der Waals surface area (Å²) in [4.78, 5) is 13.7. The predicted molar refractivity (Wildman–Crippen MR) is 66.8 cm³/mol. The molecule has 1 amide bonds. The predicted octanol–water partition coefficient (Wildman–Crippen LogP) is 2.03. The van der Waals surface area contributed by atoms with Crippen LogP contribution in [0.15, 0.2) is 21.4 Å². The lowest BCUT2D eigenvalue weighted by molar-refractivity contribution is 0.0714. The molecule has 16 heavy (non-hydrogen) atoms. The lowest BCUT2D eigenvalue weighted by Gasteiger charge is -2.29. The Balaban J connectivity index is 0.00000128. The number of halogens is 2. The van der Waals surface area contributed by atoms with Crippen molar-refractivity contribution in [2.45, 2.75) is 18.9 Å². The second-order valence-electron chi connectivity index (χ2n) is 3.77. The summed E-state index contributed by atoms with van der Waals surface area (Å²) in [7, 11) is 0. The van der Waals surface area contributed by atoms with Crippen LogP contribution in [0, 0.1) is 0 Å². The van der Waals surface area contributed by atoms with Gasteiger partial charge in [0.05, 0.1) is 5.56 Å². The van der Waals surface area contributed by atoms with Gasteiger partial charge in [-0.2, -0.15) is 0 Å². The molecule has 1 aromatic rings. The molecule has 0 aliphatic carbocycles. The van der Waals surface area contributed by atoms with Crippen molar-refractivity contribution in [3.8, 4) is 0 Å². The molecule has 4 nitrogen and oxygen atoms in total. The van der Waals surface area contributed by atoms with Crippen LogP contribution in [-0.2, 0) is 0 Å².